The molecule has 0 radical (unpaired) electrons. The lowest BCUT2D eigenvalue weighted by Gasteiger charge is -2.06. The number of hydrogen-bond donors (Lipinski definition) is 1. The smallest absolute Gasteiger partial charge is 0.347 e. The van der Waals surface area contributed by atoms with Crippen LogP contribution in [0.2, 0.25) is 0 Å². The largest absolute Gasteiger partial charge is 0.477 e. The van der Waals surface area contributed by atoms with Crippen molar-refractivity contribution in [2.75, 3.05) is 0 Å². The highest BCUT2D eigenvalue weighted by Crippen LogP contribution is 2.27. The zero-order valence-corrected chi connectivity index (χ0v) is 13.3. The maximum atomic E-state index is 10.9. The van der Waals surface area contributed by atoms with E-state index in [0.717, 1.165) is 22.5 Å². The van der Waals surface area contributed by atoms with Crippen molar-refractivity contribution >= 4 is 28.5 Å². The summed E-state index contributed by atoms with van der Waals surface area (Å²) in [6.07, 6.45) is 4.79. The first-order valence-corrected chi connectivity index (χ1v) is 7.60. The monoisotopic (exact) mass is 322 g/mol. The van der Waals surface area contributed by atoms with E-state index in [1.54, 1.807) is 6.08 Å². The Morgan fingerprint density at radius 3 is 2.61 bits per heavy atom. The van der Waals surface area contributed by atoms with Crippen molar-refractivity contribution in [3.63, 3.8) is 0 Å². The molecule has 5 heteroatoms. The highest BCUT2D eigenvalue weighted by molar-refractivity contribution is 7.14. The Labute approximate surface area is 138 Å². The molecule has 0 bridgehead atoms. The van der Waals surface area contributed by atoms with E-state index in [4.69, 9.17) is 5.11 Å². The number of rotatable bonds is 5. The van der Waals surface area contributed by atoms with Crippen LogP contribution in [-0.2, 0) is 0 Å². The second-order valence-corrected chi connectivity index (χ2v) is 5.63. The number of carboxylic acids is 1. The molecule has 2 rings (SSSR count). The lowest BCUT2D eigenvalue weighted by atomic mass is 9.97. The second-order valence-electron chi connectivity index (χ2n) is 4.60. The SMILES string of the molecule is C=C(/C=C(C#N)\C(=C/C)c1ccccc1)c1ncc(C(=O)O)s1. The van der Waals surface area contributed by atoms with E-state index >= 15 is 0 Å². The summed E-state index contributed by atoms with van der Waals surface area (Å²) >= 11 is 1.03. The van der Waals surface area contributed by atoms with Gasteiger partial charge in [-0.05, 0) is 24.1 Å². The molecule has 0 saturated carbocycles. The third kappa shape index (κ3) is 3.82. The Balaban J connectivity index is 2.36. The normalized spacial score (nSPS) is 11.8. The first kappa shape index (κ1) is 16.4. The van der Waals surface area contributed by atoms with E-state index in [0.29, 0.717) is 16.2 Å². The highest BCUT2D eigenvalue weighted by Gasteiger charge is 2.12. The Hall–Kier alpha value is -2.97. The Kier molecular flexibility index (Phi) is 5.23. The van der Waals surface area contributed by atoms with Gasteiger partial charge in [0.2, 0.25) is 0 Å². The van der Waals surface area contributed by atoms with Crippen molar-refractivity contribution < 1.29 is 9.90 Å². The molecule has 0 atom stereocenters. The number of nitriles is 1. The van der Waals surface area contributed by atoms with Crippen LogP contribution in [0.4, 0.5) is 0 Å². The number of aromatic nitrogens is 1. The average molecular weight is 322 g/mol. The number of allylic oxidation sites excluding steroid dienone is 5. The summed E-state index contributed by atoms with van der Waals surface area (Å²) in [6.45, 7) is 5.76. The van der Waals surface area contributed by atoms with Crippen molar-refractivity contribution in [3.05, 3.63) is 76.3 Å². The van der Waals surface area contributed by atoms with Crippen LogP contribution in [0.3, 0.4) is 0 Å². The van der Waals surface area contributed by atoms with Crippen LogP contribution in [0, 0.1) is 11.3 Å². The van der Waals surface area contributed by atoms with Crippen LogP contribution in [0.1, 0.15) is 27.2 Å². The average Bonchev–Trinajstić information content (AvgIpc) is 3.06. The summed E-state index contributed by atoms with van der Waals surface area (Å²) in [7, 11) is 0. The van der Waals surface area contributed by atoms with Crippen molar-refractivity contribution in [2.45, 2.75) is 6.92 Å². The lowest BCUT2D eigenvalue weighted by Crippen LogP contribution is -1.90. The molecule has 1 N–H and O–H groups in total. The third-order valence-corrected chi connectivity index (χ3v) is 4.15. The van der Waals surface area contributed by atoms with Crippen molar-refractivity contribution in [3.8, 4) is 6.07 Å². The molecule has 0 unspecified atom stereocenters. The minimum Gasteiger partial charge on any atom is -0.477 e. The minimum absolute atomic E-state index is 0.141. The number of thiazole rings is 1. The second kappa shape index (κ2) is 7.34. The predicted molar refractivity (Wildman–Crippen MR) is 91.9 cm³/mol. The summed E-state index contributed by atoms with van der Waals surface area (Å²) in [6, 6.07) is 11.7. The number of aromatic carboxylic acids is 1. The van der Waals surface area contributed by atoms with Gasteiger partial charge in [-0.25, -0.2) is 9.78 Å². The number of carboxylic acid groups (broad SMARTS) is 1. The van der Waals surface area contributed by atoms with Gasteiger partial charge < -0.3 is 5.11 Å². The Morgan fingerprint density at radius 2 is 2.09 bits per heavy atom. The number of nitrogens with zero attached hydrogens (tertiary/aromatic N) is 2. The zero-order valence-electron chi connectivity index (χ0n) is 12.5. The van der Waals surface area contributed by atoms with Crippen LogP contribution >= 0.6 is 11.3 Å². The van der Waals surface area contributed by atoms with Crippen molar-refractivity contribution in [2.24, 2.45) is 0 Å². The molecule has 0 saturated heterocycles. The van der Waals surface area contributed by atoms with E-state index in [1.165, 1.54) is 6.20 Å². The minimum atomic E-state index is -1.02. The van der Waals surface area contributed by atoms with Gasteiger partial charge in [0.15, 0.2) is 0 Å². The fourth-order valence-corrected chi connectivity index (χ4v) is 2.72. The summed E-state index contributed by atoms with van der Waals surface area (Å²) in [5.41, 5.74) is 2.69. The highest BCUT2D eigenvalue weighted by atomic mass is 32.1. The van der Waals surface area contributed by atoms with Gasteiger partial charge in [0.25, 0.3) is 0 Å². The molecule has 0 aliphatic rings. The molecule has 0 spiro atoms. The first-order chi connectivity index (χ1) is 11.1. The molecule has 1 aromatic carbocycles. The maximum Gasteiger partial charge on any atom is 0.347 e. The van der Waals surface area contributed by atoms with Gasteiger partial charge in [-0.15, -0.1) is 11.3 Å². The van der Waals surface area contributed by atoms with Gasteiger partial charge in [0.1, 0.15) is 9.88 Å². The molecule has 2 aromatic rings. The van der Waals surface area contributed by atoms with E-state index in [2.05, 4.69) is 17.6 Å². The van der Waals surface area contributed by atoms with Crippen molar-refractivity contribution in [1.82, 2.24) is 4.98 Å². The van der Waals surface area contributed by atoms with Gasteiger partial charge >= 0.3 is 5.97 Å². The standard InChI is InChI=1S/C18H14N2O2S/c1-3-15(13-7-5-4-6-8-13)14(10-19)9-12(2)17-20-11-16(23-17)18(21)22/h3-9,11H,2H2,1H3,(H,21,22)/b14-9-,15-3-. The Bertz CT molecular complexity index is 839. The molecule has 0 fully saturated rings. The topological polar surface area (TPSA) is 74.0 Å². The summed E-state index contributed by atoms with van der Waals surface area (Å²) in [4.78, 5) is 15.1. The number of carbonyl (C=O) groups is 1. The molecule has 114 valence electrons. The van der Waals surface area contributed by atoms with Gasteiger partial charge in [-0.1, -0.05) is 43.0 Å². The van der Waals surface area contributed by atoms with Crippen LogP contribution in [-0.4, -0.2) is 16.1 Å². The molecule has 1 aromatic heterocycles. The third-order valence-electron chi connectivity index (χ3n) is 3.09. The summed E-state index contributed by atoms with van der Waals surface area (Å²) in [5.74, 6) is -1.02. The Morgan fingerprint density at radius 1 is 1.39 bits per heavy atom. The molecular formula is C18H14N2O2S. The molecular weight excluding hydrogens is 308 g/mol. The van der Waals surface area contributed by atoms with Gasteiger partial charge in [0.05, 0.1) is 17.8 Å². The summed E-state index contributed by atoms with van der Waals surface area (Å²) in [5, 5.41) is 18.9. The van der Waals surface area contributed by atoms with Gasteiger partial charge in [-0.2, -0.15) is 5.26 Å². The number of benzene rings is 1. The molecule has 0 aliphatic carbocycles. The quantitative estimate of drug-likeness (QED) is 0.653. The van der Waals surface area contributed by atoms with E-state index in [1.807, 2.05) is 43.3 Å². The van der Waals surface area contributed by atoms with Crippen LogP contribution < -0.4 is 0 Å². The number of hydrogen-bond acceptors (Lipinski definition) is 4. The van der Waals surface area contributed by atoms with Gasteiger partial charge in [0, 0.05) is 5.57 Å². The molecule has 4 nitrogen and oxygen atoms in total. The lowest BCUT2D eigenvalue weighted by molar-refractivity contribution is 0.0702. The molecule has 0 aliphatic heterocycles. The van der Waals surface area contributed by atoms with Crippen LogP contribution in [0.25, 0.3) is 11.1 Å². The zero-order chi connectivity index (χ0) is 16.8. The molecule has 0 amide bonds. The maximum absolute atomic E-state index is 10.9. The summed E-state index contributed by atoms with van der Waals surface area (Å²) < 4.78 is 0. The van der Waals surface area contributed by atoms with Crippen molar-refractivity contribution in [1.29, 1.82) is 5.26 Å². The molecule has 1 heterocycles. The van der Waals surface area contributed by atoms with E-state index in [-0.39, 0.29) is 4.88 Å². The fourth-order valence-electron chi connectivity index (χ4n) is 2.02. The van der Waals surface area contributed by atoms with Crippen LogP contribution in [0.5, 0.6) is 0 Å². The predicted octanol–water partition coefficient (Wildman–Crippen LogP) is 4.41. The first-order valence-electron chi connectivity index (χ1n) is 6.79. The van der Waals surface area contributed by atoms with Crippen LogP contribution in [0.15, 0.2) is 60.8 Å². The fraction of sp³-hybridized carbons (Fsp3) is 0.0556. The van der Waals surface area contributed by atoms with Gasteiger partial charge in [-0.3, -0.25) is 0 Å². The van der Waals surface area contributed by atoms with E-state index < -0.39 is 5.97 Å². The van der Waals surface area contributed by atoms with E-state index in [9.17, 15) is 10.1 Å². The molecule has 23 heavy (non-hydrogen) atoms.